The molecule has 2 aromatic carbocycles. The van der Waals surface area contributed by atoms with Crippen LogP contribution >= 0.6 is 0 Å². The Bertz CT molecular complexity index is 1110. The van der Waals surface area contributed by atoms with E-state index in [-0.39, 0.29) is 5.66 Å². The fraction of sp³-hybridized carbons (Fsp3) is 0.725. The van der Waals surface area contributed by atoms with Crippen LogP contribution in [-0.2, 0) is 6.42 Å². The Morgan fingerprint density at radius 1 is 0.396 bits per heavy atom. The van der Waals surface area contributed by atoms with E-state index in [4.69, 9.17) is 0 Å². The topological polar surface area (TPSA) is 6.48 Å². The summed E-state index contributed by atoms with van der Waals surface area (Å²) in [7, 11) is 0. The van der Waals surface area contributed by atoms with Crippen LogP contribution in [0, 0.1) is 0 Å². The molecule has 0 spiro atoms. The first kappa shape index (κ1) is 45.2. The number of hydrogen-bond donors (Lipinski definition) is 0. The molecule has 0 aromatic heterocycles. The largest absolute Gasteiger partial charge is 0.353 e. The summed E-state index contributed by atoms with van der Waals surface area (Å²) in [5, 5.41) is 0. The minimum atomic E-state index is -0.0645. The molecule has 0 bridgehead atoms. The van der Waals surface area contributed by atoms with Gasteiger partial charge < -0.3 is 9.80 Å². The normalized spacial score (nSPS) is 16.2. The van der Waals surface area contributed by atoms with Crippen molar-refractivity contribution in [3.05, 3.63) is 84.2 Å². The Balaban J connectivity index is 1.49. The summed E-state index contributed by atoms with van der Waals surface area (Å²) in [6, 6.07) is 22.9. The highest BCUT2D eigenvalue weighted by Crippen LogP contribution is 2.45. The van der Waals surface area contributed by atoms with Gasteiger partial charge >= 0.3 is 0 Å². The summed E-state index contributed by atoms with van der Waals surface area (Å²) in [4.78, 5) is 5.59. The van der Waals surface area contributed by atoms with Gasteiger partial charge in [-0.2, -0.15) is 0 Å². The Hall–Kier alpha value is -2.22. The van der Waals surface area contributed by atoms with Gasteiger partial charge in [-0.25, -0.2) is 0 Å². The second-order valence-electron chi connectivity index (χ2n) is 16.8. The zero-order valence-electron chi connectivity index (χ0n) is 35.5. The van der Waals surface area contributed by atoms with Gasteiger partial charge in [0.05, 0.1) is 0 Å². The van der Waals surface area contributed by atoms with E-state index in [1.165, 1.54) is 191 Å². The van der Waals surface area contributed by atoms with E-state index in [1.807, 2.05) is 0 Å². The molecule has 53 heavy (non-hydrogen) atoms. The third-order valence-electron chi connectivity index (χ3n) is 12.4. The number of rotatable bonds is 35. The van der Waals surface area contributed by atoms with Gasteiger partial charge in [-0.05, 0) is 30.4 Å². The summed E-state index contributed by atoms with van der Waals surface area (Å²) in [6.07, 6.45) is 46.8. The maximum atomic E-state index is 2.80. The predicted molar refractivity (Wildman–Crippen MR) is 236 cm³/mol. The minimum absolute atomic E-state index is 0.0645. The van der Waals surface area contributed by atoms with Crippen molar-refractivity contribution in [1.82, 2.24) is 9.80 Å². The van der Waals surface area contributed by atoms with Crippen molar-refractivity contribution >= 4 is 0 Å². The molecule has 1 aliphatic rings. The van der Waals surface area contributed by atoms with Gasteiger partial charge in [0.15, 0.2) is 0 Å². The van der Waals surface area contributed by atoms with Crippen LogP contribution in [0.1, 0.15) is 224 Å². The molecule has 1 heterocycles. The molecule has 0 saturated heterocycles. The van der Waals surface area contributed by atoms with Gasteiger partial charge in [0.25, 0.3) is 0 Å². The van der Waals surface area contributed by atoms with Gasteiger partial charge in [0.1, 0.15) is 5.66 Å². The number of nitrogens with zero attached hydrogens (tertiary/aromatic N) is 2. The lowest BCUT2D eigenvalue weighted by atomic mass is 9.78. The van der Waals surface area contributed by atoms with Gasteiger partial charge in [-0.3, -0.25) is 0 Å². The second-order valence-corrected chi connectivity index (χ2v) is 16.8. The summed E-state index contributed by atoms with van der Waals surface area (Å²) >= 11 is 0. The standard InChI is InChI=1S/C51H86N2/c1-4-7-9-11-13-15-17-18-19-20-21-22-24-26-28-30-38-44-53-46-45-52(43-37-29-27-25-23-16-14-12-10-8-5-2)51(53,47-48-39-33-31-34-40-48)50(6-3)49-41-35-32-36-42-49/h31-36,39-42,45-46,50H,4-30,37-38,43-44,47H2,1-3H3. The molecule has 300 valence electrons. The van der Waals surface area contributed by atoms with E-state index in [1.54, 1.807) is 0 Å². The zero-order chi connectivity index (χ0) is 37.5. The van der Waals surface area contributed by atoms with Crippen LogP contribution in [0.3, 0.4) is 0 Å². The zero-order valence-corrected chi connectivity index (χ0v) is 35.5. The Labute approximate surface area is 331 Å². The lowest BCUT2D eigenvalue weighted by Gasteiger charge is -2.51. The van der Waals surface area contributed by atoms with Gasteiger partial charge in [0, 0.05) is 37.8 Å². The molecule has 0 saturated carbocycles. The van der Waals surface area contributed by atoms with Crippen molar-refractivity contribution in [1.29, 1.82) is 0 Å². The van der Waals surface area contributed by atoms with Crippen LogP contribution in [0.25, 0.3) is 0 Å². The molecule has 2 unspecified atom stereocenters. The Morgan fingerprint density at radius 2 is 0.717 bits per heavy atom. The first-order chi connectivity index (χ1) is 26.3. The molecular weight excluding hydrogens is 641 g/mol. The van der Waals surface area contributed by atoms with Crippen LogP contribution < -0.4 is 0 Å². The molecule has 2 atom stereocenters. The number of hydrogen-bond acceptors (Lipinski definition) is 2. The van der Waals surface area contributed by atoms with Crippen LogP contribution in [-0.4, -0.2) is 28.6 Å². The first-order valence-corrected chi connectivity index (χ1v) is 23.6. The van der Waals surface area contributed by atoms with Crippen LogP contribution in [0.4, 0.5) is 0 Å². The Morgan fingerprint density at radius 3 is 1.06 bits per heavy atom. The van der Waals surface area contributed by atoms with Crippen LogP contribution in [0.2, 0.25) is 0 Å². The van der Waals surface area contributed by atoms with Gasteiger partial charge in [-0.15, -0.1) is 0 Å². The average Bonchev–Trinajstić information content (AvgIpc) is 3.52. The van der Waals surface area contributed by atoms with E-state index in [0.717, 1.165) is 25.9 Å². The molecule has 3 rings (SSSR count). The molecule has 2 heteroatoms. The lowest BCUT2D eigenvalue weighted by Crippen LogP contribution is -2.59. The maximum Gasteiger partial charge on any atom is 0.123 e. The maximum absolute atomic E-state index is 2.80. The van der Waals surface area contributed by atoms with E-state index >= 15 is 0 Å². The molecule has 0 radical (unpaired) electrons. The van der Waals surface area contributed by atoms with Gasteiger partial charge in [0.2, 0.25) is 0 Å². The number of unbranched alkanes of at least 4 members (excludes halogenated alkanes) is 26. The van der Waals surface area contributed by atoms with E-state index in [9.17, 15) is 0 Å². The van der Waals surface area contributed by atoms with E-state index in [0.29, 0.717) is 5.92 Å². The van der Waals surface area contributed by atoms with Crippen LogP contribution in [0.5, 0.6) is 0 Å². The highest BCUT2D eigenvalue weighted by atomic mass is 15.4. The molecule has 0 amide bonds. The first-order valence-electron chi connectivity index (χ1n) is 23.6. The van der Waals surface area contributed by atoms with Crippen molar-refractivity contribution in [3.63, 3.8) is 0 Å². The fourth-order valence-electron chi connectivity index (χ4n) is 9.21. The van der Waals surface area contributed by atoms with Crippen molar-refractivity contribution in [2.24, 2.45) is 0 Å². The smallest absolute Gasteiger partial charge is 0.123 e. The third-order valence-corrected chi connectivity index (χ3v) is 12.4. The van der Waals surface area contributed by atoms with Crippen LogP contribution in [0.15, 0.2) is 73.1 Å². The van der Waals surface area contributed by atoms with E-state index in [2.05, 4.69) is 104 Å². The molecule has 2 nitrogen and oxygen atoms in total. The third kappa shape index (κ3) is 17.9. The monoisotopic (exact) mass is 727 g/mol. The molecule has 1 aliphatic heterocycles. The van der Waals surface area contributed by atoms with Gasteiger partial charge in [-0.1, -0.05) is 248 Å². The van der Waals surface area contributed by atoms with E-state index < -0.39 is 0 Å². The predicted octanol–water partition coefficient (Wildman–Crippen LogP) is 16.2. The fourth-order valence-corrected chi connectivity index (χ4v) is 9.21. The summed E-state index contributed by atoms with van der Waals surface area (Å²) < 4.78 is 0. The number of benzene rings is 2. The Kier molecular flexibility index (Phi) is 25.6. The van der Waals surface area contributed by atoms with Crippen molar-refractivity contribution < 1.29 is 0 Å². The summed E-state index contributed by atoms with van der Waals surface area (Å²) in [6.45, 7) is 9.36. The molecular formula is C51H86N2. The molecule has 0 aliphatic carbocycles. The second kappa shape index (κ2) is 30.1. The lowest BCUT2D eigenvalue weighted by molar-refractivity contribution is -0.00378. The van der Waals surface area contributed by atoms with Crippen molar-refractivity contribution in [2.45, 2.75) is 225 Å². The SMILES string of the molecule is CCCCCCCCCCCCCCCCCCCN1C=CN(CCCCCCCCCCCCC)C1(Cc1ccccc1)C(CC)c1ccccc1. The van der Waals surface area contributed by atoms with Crippen molar-refractivity contribution in [3.8, 4) is 0 Å². The highest BCUT2D eigenvalue weighted by Gasteiger charge is 2.49. The summed E-state index contributed by atoms with van der Waals surface area (Å²) in [5.41, 5.74) is 2.89. The summed E-state index contributed by atoms with van der Waals surface area (Å²) in [5.74, 6) is 0.442. The average molecular weight is 727 g/mol. The molecule has 0 fully saturated rings. The molecule has 0 N–H and O–H groups in total. The quantitative estimate of drug-likeness (QED) is 0.0653. The highest BCUT2D eigenvalue weighted by molar-refractivity contribution is 5.30. The van der Waals surface area contributed by atoms with Crippen molar-refractivity contribution in [2.75, 3.05) is 13.1 Å². The molecule has 2 aromatic rings. The minimum Gasteiger partial charge on any atom is -0.353 e.